The lowest BCUT2D eigenvalue weighted by molar-refractivity contribution is -0.113. The Hall–Kier alpha value is -2.09. The van der Waals surface area contributed by atoms with E-state index in [-0.39, 0.29) is 11.7 Å². The Kier molecular flexibility index (Phi) is 5.08. The van der Waals surface area contributed by atoms with Gasteiger partial charge < -0.3 is 5.32 Å². The van der Waals surface area contributed by atoms with E-state index in [1.165, 1.54) is 16.5 Å². The summed E-state index contributed by atoms with van der Waals surface area (Å²) >= 11 is 9.20. The molecule has 3 aromatic heterocycles. The molecule has 0 aliphatic heterocycles. The van der Waals surface area contributed by atoms with Crippen molar-refractivity contribution in [1.29, 1.82) is 0 Å². The van der Waals surface area contributed by atoms with Crippen molar-refractivity contribution in [2.45, 2.75) is 25.3 Å². The van der Waals surface area contributed by atoms with Crippen molar-refractivity contribution >= 4 is 62.0 Å². The highest BCUT2D eigenvalue weighted by Crippen LogP contribution is 2.31. The van der Waals surface area contributed by atoms with Crippen LogP contribution in [-0.4, -0.2) is 26.3 Å². The second-order valence-corrected chi connectivity index (χ2v) is 8.38. The second-order valence-electron chi connectivity index (χ2n) is 6.06. The third-order valence-corrected chi connectivity index (χ3v) is 6.59. The number of aromatic nitrogens is 3. The third kappa shape index (κ3) is 3.42. The Morgan fingerprint density at radius 2 is 2.15 bits per heavy atom. The number of nitrogens with zero attached hydrogens (tertiary/aromatic N) is 3. The summed E-state index contributed by atoms with van der Waals surface area (Å²) in [6.45, 7) is 3.95. The number of thiophene rings is 1. The summed E-state index contributed by atoms with van der Waals surface area (Å²) in [5.74, 6) is 1.07. The van der Waals surface area contributed by atoms with Crippen molar-refractivity contribution in [3.8, 4) is 0 Å². The smallest absolute Gasteiger partial charge is 0.234 e. The molecule has 0 saturated carbocycles. The van der Waals surface area contributed by atoms with Crippen LogP contribution in [0.3, 0.4) is 0 Å². The molecule has 4 rings (SSSR count). The van der Waals surface area contributed by atoms with Crippen molar-refractivity contribution in [1.82, 2.24) is 14.6 Å². The lowest BCUT2D eigenvalue weighted by atomic mass is 10.2. The molecule has 0 fully saturated rings. The van der Waals surface area contributed by atoms with Crippen molar-refractivity contribution in [3.05, 3.63) is 52.1 Å². The number of carbonyl (C=O) groups excluding carboxylic acids is 1. The normalized spacial score (nSPS) is 11.4. The molecule has 0 saturated heterocycles. The van der Waals surface area contributed by atoms with Crippen LogP contribution >= 0.6 is 34.7 Å². The highest BCUT2D eigenvalue weighted by atomic mass is 35.5. The molecule has 4 aromatic rings. The van der Waals surface area contributed by atoms with E-state index >= 15 is 0 Å². The number of benzene rings is 1. The molecular formula is C19H17ClN4OS2. The number of aryl methyl sites for hydroxylation is 1. The van der Waals surface area contributed by atoms with E-state index in [1.54, 1.807) is 17.4 Å². The Labute approximate surface area is 169 Å². The van der Waals surface area contributed by atoms with Gasteiger partial charge in [0.25, 0.3) is 0 Å². The Bertz CT molecular complexity index is 1150. The average molecular weight is 417 g/mol. The minimum absolute atomic E-state index is 0.0988. The van der Waals surface area contributed by atoms with Crippen LogP contribution in [-0.2, 0) is 11.2 Å². The van der Waals surface area contributed by atoms with Crippen molar-refractivity contribution in [2.75, 3.05) is 11.1 Å². The van der Waals surface area contributed by atoms with Gasteiger partial charge in [-0.05, 0) is 42.1 Å². The van der Waals surface area contributed by atoms with Crippen molar-refractivity contribution < 1.29 is 4.79 Å². The lowest BCUT2D eigenvalue weighted by Gasteiger charge is -2.10. The van der Waals surface area contributed by atoms with Gasteiger partial charge >= 0.3 is 0 Å². The zero-order valence-electron chi connectivity index (χ0n) is 14.8. The molecule has 0 atom stereocenters. The van der Waals surface area contributed by atoms with Crippen LogP contribution in [0, 0.1) is 6.92 Å². The highest BCUT2D eigenvalue weighted by molar-refractivity contribution is 8.00. The number of nitrogens with one attached hydrogen (secondary N) is 1. The Balaban J connectivity index is 1.57. The minimum atomic E-state index is -0.0988. The van der Waals surface area contributed by atoms with Gasteiger partial charge in [-0.3, -0.25) is 9.20 Å². The van der Waals surface area contributed by atoms with E-state index < -0.39 is 0 Å². The molecule has 0 spiro atoms. The van der Waals surface area contributed by atoms with Crippen LogP contribution in [0.15, 0.2) is 40.7 Å². The van der Waals surface area contributed by atoms with Gasteiger partial charge in [-0.15, -0.1) is 21.5 Å². The van der Waals surface area contributed by atoms with Gasteiger partial charge in [0.1, 0.15) is 10.9 Å². The first-order valence-corrected chi connectivity index (χ1v) is 10.7. The lowest BCUT2D eigenvalue weighted by Crippen LogP contribution is -2.15. The first-order valence-electron chi connectivity index (χ1n) is 8.50. The number of hydrogen-bond acceptors (Lipinski definition) is 5. The maximum atomic E-state index is 12.4. The van der Waals surface area contributed by atoms with Crippen LogP contribution < -0.4 is 5.32 Å². The van der Waals surface area contributed by atoms with Gasteiger partial charge in [0.2, 0.25) is 5.91 Å². The molecule has 3 heterocycles. The number of thioether (sulfide) groups is 1. The van der Waals surface area contributed by atoms with Crippen LogP contribution in [0.2, 0.25) is 5.02 Å². The van der Waals surface area contributed by atoms with Crippen LogP contribution in [0.4, 0.5) is 5.69 Å². The van der Waals surface area contributed by atoms with Gasteiger partial charge in [0.15, 0.2) is 0 Å². The fraction of sp³-hybridized carbons (Fsp3) is 0.211. The molecule has 1 aromatic carbocycles. The SMILES string of the molecule is CCc1nnc(SCC(=O)Nc2cccc(Cl)c2C)c2cc3sccc3n12. The highest BCUT2D eigenvalue weighted by Gasteiger charge is 2.15. The van der Waals surface area contributed by atoms with Gasteiger partial charge in [-0.2, -0.15) is 0 Å². The minimum Gasteiger partial charge on any atom is -0.325 e. The first-order chi connectivity index (χ1) is 13.1. The van der Waals surface area contributed by atoms with Crippen LogP contribution in [0.5, 0.6) is 0 Å². The molecule has 5 nitrogen and oxygen atoms in total. The molecule has 0 aliphatic rings. The summed E-state index contributed by atoms with van der Waals surface area (Å²) in [6.07, 6.45) is 0.794. The molecule has 0 unspecified atom stereocenters. The molecule has 138 valence electrons. The van der Waals surface area contributed by atoms with E-state index in [0.29, 0.717) is 5.02 Å². The summed E-state index contributed by atoms with van der Waals surface area (Å²) in [4.78, 5) is 12.4. The van der Waals surface area contributed by atoms with Crippen LogP contribution in [0.1, 0.15) is 18.3 Å². The molecule has 27 heavy (non-hydrogen) atoms. The summed E-state index contributed by atoms with van der Waals surface area (Å²) in [7, 11) is 0. The topological polar surface area (TPSA) is 59.3 Å². The van der Waals surface area contributed by atoms with E-state index in [1.807, 2.05) is 19.1 Å². The maximum Gasteiger partial charge on any atom is 0.234 e. The largest absolute Gasteiger partial charge is 0.325 e. The molecular weight excluding hydrogens is 400 g/mol. The number of anilines is 1. The number of amides is 1. The second kappa shape index (κ2) is 7.50. The molecule has 0 radical (unpaired) electrons. The average Bonchev–Trinajstić information content (AvgIpc) is 3.25. The Morgan fingerprint density at radius 3 is 2.96 bits per heavy atom. The predicted molar refractivity (Wildman–Crippen MR) is 113 cm³/mol. The van der Waals surface area contributed by atoms with Crippen LogP contribution in [0.25, 0.3) is 15.7 Å². The quantitative estimate of drug-likeness (QED) is 0.454. The molecule has 0 bridgehead atoms. The number of carbonyl (C=O) groups is 1. The van der Waals surface area contributed by atoms with Gasteiger partial charge in [-0.25, -0.2) is 0 Å². The molecule has 1 amide bonds. The summed E-state index contributed by atoms with van der Waals surface area (Å²) < 4.78 is 3.33. The van der Waals surface area contributed by atoms with E-state index in [0.717, 1.165) is 39.6 Å². The number of fused-ring (bicyclic) bond motifs is 3. The van der Waals surface area contributed by atoms with E-state index in [2.05, 4.69) is 44.4 Å². The molecule has 0 aliphatic carbocycles. The number of halogens is 1. The van der Waals surface area contributed by atoms with Crippen molar-refractivity contribution in [3.63, 3.8) is 0 Å². The summed E-state index contributed by atoms with van der Waals surface area (Å²) in [5, 5.41) is 15.1. The van der Waals surface area contributed by atoms with Gasteiger partial charge in [-0.1, -0.05) is 36.4 Å². The van der Waals surface area contributed by atoms with Gasteiger partial charge in [0, 0.05) is 17.1 Å². The van der Waals surface area contributed by atoms with E-state index in [9.17, 15) is 4.79 Å². The maximum absolute atomic E-state index is 12.4. The third-order valence-electron chi connectivity index (χ3n) is 4.35. The van der Waals surface area contributed by atoms with Gasteiger partial charge in [0.05, 0.1) is 21.5 Å². The molecule has 8 heteroatoms. The summed E-state index contributed by atoms with van der Waals surface area (Å²) in [6, 6.07) is 9.69. The summed E-state index contributed by atoms with van der Waals surface area (Å²) in [5.41, 5.74) is 3.73. The zero-order valence-corrected chi connectivity index (χ0v) is 17.2. The standard InChI is InChI=1S/C19H17ClN4OS2/c1-3-17-22-23-19(15-9-16-14(24(15)17)7-8-26-16)27-10-18(25)21-13-6-4-5-12(20)11(13)2/h4-9H,3,10H2,1-2H3,(H,21,25). The zero-order chi connectivity index (χ0) is 19.0. The number of rotatable bonds is 5. The fourth-order valence-electron chi connectivity index (χ4n) is 2.95. The monoisotopic (exact) mass is 416 g/mol. The van der Waals surface area contributed by atoms with Crippen molar-refractivity contribution in [2.24, 2.45) is 0 Å². The molecule has 1 N–H and O–H groups in total. The van der Waals surface area contributed by atoms with E-state index in [4.69, 9.17) is 11.6 Å². The Morgan fingerprint density at radius 1 is 1.30 bits per heavy atom. The number of hydrogen-bond donors (Lipinski definition) is 1. The first kappa shape index (κ1) is 18.3. The fourth-order valence-corrected chi connectivity index (χ4v) is 4.67. The predicted octanol–water partition coefficient (Wildman–Crippen LogP) is 5.20.